The predicted octanol–water partition coefficient (Wildman–Crippen LogP) is 4.24. The molecule has 88 valence electrons. The molecule has 0 radical (unpaired) electrons. The van der Waals surface area contributed by atoms with Crippen LogP contribution in [0.4, 0.5) is 0 Å². The number of hydrogen-bond acceptors (Lipinski definition) is 1. The van der Waals surface area contributed by atoms with Gasteiger partial charge in [-0.25, -0.2) is 0 Å². The molecule has 1 heteroatoms. The van der Waals surface area contributed by atoms with Crippen LogP contribution >= 0.6 is 0 Å². The Morgan fingerprint density at radius 3 is 2.00 bits per heavy atom. The van der Waals surface area contributed by atoms with Gasteiger partial charge in [0.1, 0.15) is 5.75 Å². The van der Waals surface area contributed by atoms with Gasteiger partial charge in [-0.1, -0.05) is 42.3 Å². The third-order valence-corrected chi connectivity index (χ3v) is 2.94. The van der Waals surface area contributed by atoms with Gasteiger partial charge in [0.05, 0.1) is 0 Å². The lowest BCUT2D eigenvalue weighted by Gasteiger charge is -2.08. The number of phenols is 1. The molecule has 0 aliphatic heterocycles. The van der Waals surface area contributed by atoms with E-state index in [2.05, 4.69) is 45.0 Å². The van der Waals surface area contributed by atoms with E-state index in [0.717, 1.165) is 12.0 Å². The van der Waals surface area contributed by atoms with E-state index in [-0.39, 0.29) is 0 Å². The summed E-state index contributed by atoms with van der Waals surface area (Å²) in [6, 6.07) is 12.3. The van der Waals surface area contributed by atoms with Gasteiger partial charge < -0.3 is 5.11 Å². The summed E-state index contributed by atoms with van der Waals surface area (Å²) in [7, 11) is 0. The third kappa shape index (κ3) is 2.68. The van der Waals surface area contributed by atoms with Crippen LogP contribution in [0.1, 0.15) is 23.6 Å². The van der Waals surface area contributed by atoms with Crippen molar-refractivity contribution < 1.29 is 5.11 Å². The van der Waals surface area contributed by atoms with Gasteiger partial charge in [-0.2, -0.15) is 0 Å². The Kier molecular flexibility index (Phi) is 3.19. The van der Waals surface area contributed by atoms with Crippen molar-refractivity contribution in [1.29, 1.82) is 0 Å². The average molecular weight is 226 g/mol. The maximum Gasteiger partial charge on any atom is 0.116 e. The zero-order valence-electron chi connectivity index (χ0n) is 10.6. The first-order valence-electron chi connectivity index (χ1n) is 6.00. The van der Waals surface area contributed by atoms with Crippen LogP contribution in [0.2, 0.25) is 0 Å². The smallest absolute Gasteiger partial charge is 0.116 e. The quantitative estimate of drug-likeness (QED) is 0.812. The summed E-state index contributed by atoms with van der Waals surface area (Å²) in [5.74, 6) is 0.346. The Labute approximate surface area is 103 Å². The van der Waals surface area contributed by atoms with Crippen LogP contribution < -0.4 is 0 Å². The molecule has 0 saturated heterocycles. The van der Waals surface area contributed by atoms with E-state index in [1.807, 2.05) is 12.1 Å². The predicted molar refractivity (Wildman–Crippen MR) is 72.4 cm³/mol. The molecule has 0 fully saturated rings. The highest BCUT2D eigenvalue weighted by Crippen LogP contribution is 2.27. The molecule has 0 amide bonds. The average Bonchev–Trinajstić information content (AvgIpc) is 2.26. The fourth-order valence-electron chi connectivity index (χ4n) is 2.19. The van der Waals surface area contributed by atoms with Gasteiger partial charge in [-0.05, 0) is 49.1 Å². The van der Waals surface area contributed by atoms with Crippen molar-refractivity contribution in [3.8, 4) is 16.9 Å². The highest BCUT2D eigenvalue weighted by molar-refractivity contribution is 5.67. The highest BCUT2D eigenvalue weighted by Gasteiger charge is 2.03. The summed E-state index contributed by atoms with van der Waals surface area (Å²) >= 11 is 0. The minimum atomic E-state index is 0.346. The molecule has 0 aromatic heterocycles. The van der Waals surface area contributed by atoms with E-state index in [0.29, 0.717) is 5.75 Å². The Hall–Kier alpha value is -1.76. The maximum atomic E-state index is 9.72. The van der Waals surface area contributed by atoms with Gasteiger partial charge in [-0.15, -0.1) is 0 Å². The van der Waals surface area contributed by atoms with Gasteiger partial charge >= 0.3 is 0 Å². The summed E-state index contributed by atoms with van der Waals surface area (Å²) in [6.45, 7) is 6.29. The van der Waals surface area contributed by atoms with Gasteiger partial charge in [0, 0.05) is 0 Å². The van der Waals surface area contributed by atoms with Crippen molar-refractivity contribution in [3.05, 3.63) is 53.1 Å². The first-order chi connectivity index (χ1) is 8.08. The molecule has 0 bridgehead atoms. The molecule has 0 atom stereocenters. The van der Waals surface area contributed by atoms with Crippen molar-refractivity contribution in [3.63, 3.8) is 0 Å². The number of aryl methyl sites for hydroxylation is 3. The molecule has 2 aromatic rings. The van der Waals surface area contributed by atoms with Crippen LogP contribution in [0, 0.1) is 13.8 Å². The zero-order valence-corrected chi connectivity index (χ0v) is 10.6. The first-order valence-corrected chi connectivity index (χ1v) is 6.00. The van der Waals surface area contributed by atoms with Crippen molar-refractivity contribution in [1.82, 2.24) is 0 Å². The highest BCUT2D eigenvalue weighted by atomic mass is 16.3. The van der Waals surface area contributed by atoms with E-state index in [4.69, 9.17) is 0 Å². The molecule has 0 aliphatic rings. The lowest BCUT2D eigenvalue weighted by molar-refractivity contribution is 0.475. The number of aromatic hydroxyl groups is 1. The summed E-state index contributed by atoms with van der Waals surface area (Å²) in [6.07, 6.45) is 0.937. The third-order valence-electron chi connectivity index (χ3n) is 2.94. The molecule has 0 unspecified atom stereocenters. The Balaban J connectivity index is 2.55. The van der Waals surface area contributed by atoms with Crippen LogP contribution in [-0.2, 0) is 6.42 Å². The molecular formula is C16H18O. The van der Waals surface area contributed by atoms with Crippen molar-refractivity contribution in [2.75, 3.05) is 0 Å². The number of rotatable bonds is 2. The van der Waals surface area contributed by atoms with Crippen LogP contribution in [0.5, 0.6) is 5.75 Å². The molecule has 1 N–H and O–H groups in total. The van der Waals surface area contributed by atoms with Gasteiger partial charge in [-0.3, -0.25) is 0 Å². The standard InChI is InChI=1S/C16H18O/c1-4-13-8-15(10-16(17)9-13)14-6-11(2)5-12(3)7-14/h5-10,17H,4H2,1-3H3. The Bertz CT molecular complexity index is 521. The molecule has 1 nitrogen and oxygen atoms in total. The molecule has 0 saturated carbocycles. The van der Waals surface area contributed by atoms with Crippen LogP contribution in [0.25, 0.3) is 11.1 Å². The molecule has 0 heterocycles. The summed E-state index contributed by atoms with van der Waals surface area (Å²) in [5.41, 5.74) is 5.93. The van der Waals surface area contributed by atoms with E-state index >= 15 is 0 Å². The Morgan fingerprint density at radius 1 is 0.824 bits per heavy atom. The minimum absolute atomic E-state index is 0.346. The second-order valence-electron chi connectivity index (χ2n) is 4.62. The molecule has 17 heavy (non-hydrogen) atoms. The van der Waals surface area contributed by atoms with Gasteiger partial charge in [0.15, 0.2) is 0 Å². The normalized spacial score (nSPS) is 10.5. The van der Waals surface area contributed by atoms with E-state index < -0.39 is 0 Å². The van der Waals surface area contributed by atoms with Crippen LogP contribution in [0.3, 0.4) is 0 Å². The SMILES string of the molecule is CCc1cc(O)cc(-c2cc(C)cc(C)c2)c1. The monoisotopic (exact) mass is 226 g/mol. The molecule has 2 aromatic carbocycles. The summed E-state index contributed by atoms with van der Waals surface area (Å²) in [4.78, 5) is 0. The fraction of sp³-hybridized carbons (Fsp3) is 0.250. The maximum absolute atomic E-state index is 9.72. The lowest BCUT2D eigenvalue weighted by atomic mass is 9.98. The largest absolute Gasteiger partial charge is 0.508 e. The van der Waals surface area contributed by atoms with Crippen molar-refractivity contribution >= 4 is 0 Å². The number of benzene rings is 2. The van der Waals surface area contributed by atoms with Crippen LogP contribution in [0.15, 0.2) is 36.4 Å². The lowest BCUT2D eigenvalue weighted by Crippen LogP contribution is -1.86. The van der Waals surface area contributed by atoms with Crippen molar-refractivity contribution in [2.45, 2.75) is 27.2 Å². The Morgan fingerprint density at radius 2 is 1.41 bits per heavy atom. The van der Waals surface area contributed by atoms with E-state index in [1.165, 1.54) is 22.3 Å². The fourth-order valence-corrected chi connectivity index (χ4v) is 2.19. The number of phenolic OH excluding ortho intramolecular Hbond substituents is 1. The molecule has 2 rings (SSSR count). The second-order valence-corrected chi connectivity index (χ2v) is 4.62. The minimum Gasteiger partial charge on any atom is -0.508 e. The molecule has 0 spiro atoms. The zero-order chi connectivity index (χ0) is 12.4. The number of hydrogen-bond donors (Lipinski definition) is 1. The van der Waals surface area contributed by atoms with Gasteiger partial charge in [0.25, 0.3) is 0 Å². The van der Waals surface area contributed by atoms with E-state index in [1.54, 1.807) is 0 Å². The summed E-state index contributed by atoms with van der Waals surface area (Å²) in [5, 5.41) is 9.72. The van der Waals surface area contributed by atoms with E-state index in [9.17, 15) is 5.11 Å². The second kappa shape index (κ2) is 4.62. The summed E-state index contributed by atoms with van der Waals surface area (Å²) < 4.78 is 0. The van der Waals surface area contributed by atoms with Gasteiger partial charge in [0.2, 0.25) is 0 Å². The van der Waals surface area contributed by atoms with Crippen LogP contribution in [-0.4, -0.2) is 5.11 Å². The molecule has 0 aliphatic carbocycles. The van der Waals surface area contributed by atoms with Crippen molar-refractivity contribution in [2.24, 2.45) is 0 Å². The topological polar surface area (TPSA) is 20.2 Å². The molecular weight excluding hydrogens is 208 g/mol. The first kappa shape index (κ1) is 11.7.